The molecule has 0 aromatic carbocycles. The molecule has 0 unspecified atom stereocenters. The monoisotopic (exact) mass is 415 g/mol. The van der Waals surface area contributed by atoms with Crippen molar-refractivity contribution in [1.29, 1.82) is 0 Å². The number of thiazole rings is 1. The van der Waals surface area contributed by atoms with E-state index in [9.17, 15) is 14.4 Å². The van der Waals surface area contributed by atoms with Gasteiger partial charge in [-0.05, 0) is 12.1 Å². The van der Waals surface area contributed by atoms with E-state index >= 15 is 0 Å². The van der Waals surface area contributed by atoms with Gasteiger partial charge in [-0.3, -0.25) is 24.0 Å². The molecule has 0 bridgehead atoms. The molecular weight excluding hydrogens is 394 g/mol. The second-order valence-electron chi connectivity index (χ2n) is 6.82. The first-order valence-electron chi connectivity index (χ1n) is 9.20. The van der Waals surface area contributed by atoms with E-state index in [1.165, 1.54) is 18.4 Å². The topological polar surface area (TPSA) is 116 Å². The molecule has 1 amide bonds. The van der Waals surface area contributed by atoms with E-state index in [2.05, 4.69) is 30.1 Å². The van der Waals surface area contributed by atoms with Gasteiger partial charge >= 0.3 is 5.69 Å². The van der Waals surface area contributed by atoms with E-state index in [1.807, 2.05) is 6.07 Å². The predicted molar refractivity (Wildman–Crippen MR) is 111 cm³/mol. The number of hydrogen-bond donors (Lipinski definition) is 2. The fraction of sp³-hybridized carbons (Fsp3) is 0.389. The van der Waals surface area contributed by atoms with E-state index in [-0.39, 0.29) is 11.5 Å². The minimum Gasteiger partial charge on any atom is -0.368 e. The molecule has 0 spiro atoms. The van der Waals surface area contributed by atoms with E-state index in [4.69, 9.17) is 0 Å². The lowest BCUT2D eigenvalue weighted by atomic mass is 10.2. The Balaban J connectivity index is 1.41. The number of H-pyrrole nitrogens is 1. The zero-order chi connectivity index (χ0) is 20.5. The highest BCUT2D eigenvalue weighted by Crippen LogP contribution is 2.20. The van der Waals surface area contributed by atoms with Gasteiger partial charge in [0.2, 0.25) is 0 Å². The number of carbonyl (C=O) groups is 1. The minimum absolute atomic E-state index is 0.201. The van der Waals surface area contributed by atoms with Crippen LogP contribution >= 0.6 is 11.3 Å². The zero-order valence-electron chi connectivity index (χ0n) is 16.1. The number of hydrogen-bond acceptors (Lipinski definition) is 8. The summed E-state index contributed by atoms with van der Waals surface area (Å²) in [5.41, 5.74) is 0.896. The molecule has 0 radical (unpaired) electrons. The van der Waals surface area contributed by atoms with Crippen LogP contribution in [0.4, 0.5) is 5.69 Å². The first-order chi connectivity index (χ1) is 14.0. The summed E-state index contributed by atoms with van der Waals surface area (Å²) in [4.78, 5) is 51.9. The lowest BCUT2D eigenvalue weighted by Crippen LogP contribution is -2.46. The normalized spacial score (nSPS) is 15.0. The van der Waals surface area contributed by atoms with Crippen molar-refractivity contribution in [3.8, 4) is 0 Å². The molecule has 152 valence electrons. The number of nitrogens with one attached hydrogen (secondary N) is 2. The van der Waals surface area contributed by atoms with Crippen molar-refractivity contribution < 1.29 is 4.79 Å². The van der Waals surface area contributed by atoms with Gasteiger partial charge in [-0.15, -0.1) is 0 Å². The summed E-state index contributed by atoms with van der Waals surface area (Å²) >= 11 is 1.35. The average molecular weight is 415 g/mol. The molecule has 4 heterocycles. The Labute approximate surface area is 169 Å². The van der Waals surface area contributed by atoms with Crippen LogP contribution in [0.1, 0.15) is 15.5 Å². The van der Waals surface area contributed by atoms with Gasteiger partial charge in [0, 0.05) is 40.3 Å². The van der Waals surface area contributed by atoms with Crippen LogP contribution in [0.25, 0.3) is 10.3 Å². The number of amides is 1. The lowest BCUT2D eigenvalue weighted by Gasteiger charge is -2.35. The molecule has 0 aliphatic carbocycles. The third kappa shape index (κ3) is 3.78. The van der Waals surface area contributed by atoms with Gasteiger partial charge in [-0.25, -0.2) is 14.8 Å². The van der Waals surface area contributed by atoms with Crippen LogP contribution in [0.5, 0.6) is 0 Å². The predicted octanol–water partition coefficient (Wildman–Crippen LogP) is -0.240. The van der Waals surface area contributed by atoms with Crippen LogP contribution in [-0.2, 0) is 13.6 Å². The number of aromatic nitrogens is 4. The molecule has 11 heteroatoms. The molecule has 10 nitrogen and oxygen atoms in total. The summed E-state index contributed by atoms with van der Waals surface area (Å²) in [6.07, 6.45) is 1.72. The second kappa shape index (κ2) is 7.76. The summed E-state index contributed by atoms with van der Waals surface area (Å²) in [5.74, 6) is -0.201. The standard InChI is InChI=1S/C18H21N7O3S/c1-19-15(26)12-4-3-11(9-20-12)25-7-5-24(6-8-25)10-13-21-14-16(29-13)22-18(28)23(2)17(14)27/h3-4,9H,5-8,10H2,1-2H3,(H,19,26)(H,22,28). The van der Waals surface area contributed by atoms with Crippen LogP contribution in [0.15, 0.2) is 27.9 Å². The van der Waals surface area contributed by atoms with Crippen LogP contribution in [-0.4, -0.2) is 63.6 Å². The number of piperazine rings is 1. The van der Waals surface area contributed by atoms with Crippen LogP contribution < -0.4 is 21.5 Å². The van der Waals surface area contributed by atoms with Gasteiger partial charge in [-0.1, -0.05) is 11.3 Å². The summed E-state index contributed by atoms with van der Waals surface area (Å²) in [6.45, 7) is 3.95. The first-order valence-corrected chi connectivity index (χ1v) is 10.0. The van der Waals surface area contributed by atoms with Gasteiger partial charge in [0.1, 0.15) is 15.5 Å². The Morgan fingerprint density at radius 1 is 1.24 bits per heavy atom. The summed E-state index contributed by atoms with van der Waals surface area (Å²) < 4.78 is 1.04. The van der Waals surface area contributed by atoms with E-state index in [1.54, 1.807) is 19.3 Å². The van der Waals surface area contributed by atoms with Crippen molar-refractivity contribution in [3.05, 3.63) is 49.9 Å². The van der Waals surface area contributed by atoms with Gasteiger partial charge in [-0.2, -0.15) is 0 Å². The molecule has 29 heavy (non-hydrogen) atoms. The number of fused-ring (bicyclic) bond motifs is 1. The number of pyridine rings is 1. The SMILES string of the molecule is CNC(=O)c1ccc(N2CCN(Cc3nc4c(=O)n(C)c(=O)[nH]c4s3)CC2)cn1. The molecule has 1 aliphatic heterocycles. The van der Waals surface area contributed by atoms with Crippen molar-refractivity contribution >= 4 is 33.3 Å². The molecule has 4 rings (SSSR count). The first kappa shape index (κ1) is 19.3. The molecule has 0 atom stereocenters. The Bertz CT molecular complexity index is 1160. The molecule has 2 N–H and O–H groups in total. The molecule has 3 aromatic rings. The quantitative estimate of drug-likeness (QED) is 0.604. The highest BCUT2D eigenvalue weighted by molar-refractivity contribution is 7.18. The van der Waals surface area contributed by atoms with E-state index < -0.39 is 5.69 Å². The summed E-state index contributed by atoms with van der Waals surface area (Å²) in [6, 6.07) is 3.63. The molecule has 1 fully saturated rings. The Morgan fingerprint density at radius 2 is 2.00 bits per heavy atom. The number of carbonyl (C=O) groups excluding carboxylic acids is 1. The van der Waals surface area contributed by atoms with Crippen LogP contribution in [0, 0.1) is 0 Å². The maximum atomic E-state index is 12.2. The van der Waals surface area contributed by atoms with Crippen molar-refractivity contribution in [1.82, 2.24) is 29.7 Å². The Morgan fingerprint density at radius 3 is 2.66 bits per heavy atom. The Hall–Kier alpha value is -3.05. The lowest BCUT2D eigenvalue weighted by molar-refractivity contribution is 0.0958. The summed E-state index contributed by atoms with van der Waals surface area (Å²) in [7, 11) is 3.02. The van der Waals surface area contributed by atoms with Gasteiger partial charge in [0.05, 0.1) is 18.4 Å². The number of aromatic amines is 1. The third-order valence-electron chi connectivity index (χ3n) is 5.01. The van der Waals surface area contributed by atoms with E-state index in [0.717, 1.165) is 41.4 Å². The number of nitrogens with zero attached hydrogens (tertiary/aromatic N) is 5. The molecule has 0 saturated carbocycles. The molecule has 3 aromatic heterocycles. The van der Waals surface area contributed by atoms with Crippen molar-refractivity contribution in [2.24, 2.45) is 7.05 Å². The van der Waals surface area contributed by atoms with Crippen LogP contribution in [0.3, 0.4) is 0 Å². The van der Waals surface area contributed by atoms with Crippen molar-refractivity contribution in [3.63, 3.8) is 0 Å². The molecular formula is C18H21N7O3S. The summed E-state index contributed by atoms with van der Waals surface area (Å²) in [5, 5.41) is 3.37. The number of rotatable bonds is 4. The molecule has 1 aliphatic rings. The van der Waals surface area contributed by atoms with Crippen molar-refractivity contribution in [2.75, 3.05) is 38.1 Å². The third-order valence-corrected chi connectivity index (χ3v) is 5.96. The van der Waals surface area contributed by atoms with Gasteiger partial charge in [0.15, 0.2) is 5.52 Å². The largest absolute Gasteiger partial charge is 0.368 e. The molecule has 1 saturated heterocycles. The average Bonchev–Trinajstić information content (AvgIpc) is 3.14. The highest BCUT2D eigenvalue weighted by Gasteiger charge is 2.20. The van der Waals surface area contributed by atoms with Crippen LogP contribution in [0.2, 0.25) is 0 Å². The minimum atomic E-state index is -0.428. The fourth-order valence-electron chi connectivity index (χ4n) is 3.28. The van der Waals surface area contributed by atoms with E-state index in [0.29, 0.717) is 22.6 Å². The maximum absolute atomic E-state index is 12.2. The van der Waals surface area contributed by atoms with Crippen molar-refractivity contribution in [2.45, 2.75) is 6.54 Å². The smallest absolute Gasteiger partial charge is 0.329 e. The second-order valence-corrected chi connectivity index (χ2v) is 7.91. The number of anilines is 1. The Kier molecular flexibility index (Phi) is 5.16. The van der Waals surface area contributed by atoms with Gasteiger partial charge < -0.3 is 10.2 Å². The highest BCUT2D eigenvalue weighted by atomic mass is 32.1. The zero-order valence-corrected chi connectivity index (χ0v) is 17.0. The fourth-order valence-corrected chi connectivity index (χ4v) is 4.27. The maximum Gasteiger partial charge on any atom is 0.329 e. The van der Waals surface area contributed by atoms with Gasteiger partial charge in [0.25, 0.3) is 11.5 Å².